The molecule has 2 fully saturated rings. The number of benzene rings is 7. The fourth-order valence-corrected chi connectivity index (χ4v) is 9.24. The first kappa shape index (κ1) is 46.8. The Labute approximate surface area is 413 Å². The summed E-state index contributed by atoms with van der Waals surface area (Å²) < 4.78 is 32.4. The third-order valence-corrected chi connectivity index (χ3v) is 14.6. The molecular formula is C61H60B2N2O5. The predicted molar refractivity (Wildman–Crippen MR) is 293 cm³/mol. The quantitative estimate of drug-likeness (QED) is 0.0894. The van der Waals surface area contributed by atoms with Crippen molar-refractivity contribution in [2.45, 2.75) is 84.7 Å². The van der Waals surface area contributed by atoms with Gasteiger partial charge in [-0.25, -0.2) is 0 Å². The zero-order valence-electron chi connectivity index (χ0n) is 41.7. The van der Waals surface area contributed by atoms with E-state index in [1.807, 2.05) is 31.2 Å². The Balaban J connectivity index is 1.06. The molecule has 0 amide bonds. The summed E-state index contributed by atoms with van der Waals surface area (Å²) in [6.07, 6.45) is 8.01. The second-order valence-corrected chi connectivity index (χ2v) is 20.3. The minimum atomic E-state index is -0.467. The summed E-state index contributed by atoms with van der Waals surface area (Å²) in [5.41, 5.74) is 12.3. The maximum Gasteiger partial charge on any atom is 0.494 e. The number of nitrogens with zero attached hydrogens (tertiary/aromatic N) is 2. The maximum absolute atomic E-state index is 6.60. The van der Waals surface area contributed by atoms with E-state index >= 15 is 0 Å². The van der Waals surface area contributed by atoms with Crippen molar-refractivity contribution >= 4 is 86.8 Å². The number of fused-ring (bicyclic) bond motifs is 3. The molecule has 2 aliphatic rings. The molecule has 3 heterocycles. The lowest BCUT2D eigenvalue weighted by atomic mass is 9.79. The maximum atomic E-state index is 6.60. The normalized spacial score (nSPS) is 17.2. The highest BCUT2D eigenvalue weighted by Gasteiger charge is 2.52. The lowest BCUT2D eigenvalue weighted by molar-refractivity contribution is 0.00578. The molecule has 1 aromatic heterocycles. The van der Waals surface area contributed by atoms with E-state index in [9.17, 15) is 0 Å². The molecule has 0 N–H and O–H groups in total. The fourth-order valence-electron chi connectivity index (χ4n) is 9.24. The van der Waals surface area contributed by atoms with Gasteiger partial charge in [0.2, 0.25) is 0 Å². The molecule has 10 rings (SSSR count). The Morgan fingerprint density at radius 3 is 1.23 bits per heavy atom. The zero-order valence-corrected chi connectivity index (χ0v) is 41.7. The molecule has 0 radical (unpaired) electrons. The molecule has 0 bridgehead atoms. The summed E-state index contributed by atoms with van der Waals surface area (Å²) in [4.78, 5) is 4.58. The van der Waals surface area contributed by atoms with Crippen LogP contribution in [0.3, 0.4) is 0 Å². The van der Waals surface area contributed by atoms with E-state index in [2.05, 4.69) is 236 Å². The topological polar surface area (TPSA) is 56.5 Å². The van der Waals surface area contributed by atoms with E-state index in [-0.39, 0.29) is 0 Å². The Morgan fingerprint density at radius 1 is 0.457 bits per heavy atom. The molecule has 70 heavy (non-hydrogen) atoms. The Bertz CT molecular complexity index is 3210. The largest absolute Gasteiger partial charge is 0.494 e. The predicted octanol–water partition coefficient (Wildman–Crippen LogP) is 14.9. The molecule has 0 atom stereocenters. The number of hydrogen-bond donors (Lipinski definition) is 0. The number of anilines is 6. The molecule has 0 unspecified atom stereocenters. The molecule has 0 spiro atoms. The molecule has 8 aromatic rings. The van der Waals surface area contributed by atoms with Gasteiger partial charge in [-0.15, -0.1) is 0 Å². The van der Waals surface area contributed by atoms with Crippen LogP contribution in [0.1, 0.15) is 67.9 Å². The van der Waals surface area contributed by atoms with Gasteiger partial charge >= 0.3 is 14.2 Å². The Kier molecular flexibility index (Phi) is 12.1. The van der Waals surface area contributed by atoms with Gasteiger partial charge in [0, 0.05) is 44.9 Å². The average Bonchev–Trinajstić information content (AvgIpc) is 3.91. The first-order valence-electron chi connectivity index (χ1n) is 24.2. The van der Waals surface area contributed by atoms with Crippen molar-refractivity contribution in [3.63, 3.8) is 0 Å². The van der Waals surface area contributed by atoms with Crippen LogP contribution in [0.5, 0.6) is 0 Å². The molecular weight excluding hydrogens is 862 g/mol. The van der Waals surface area contributed by atoms with Crippen LogP contribution in [0, 0.1) is 0 Å². The smallest absolute Gasteiger partial charge is 0.456 e. The summed E-state index contributed by atoms with van der Waals surface area (Å²) in [6.45, 7) is 22.6. The minimum Gasteiger partial charge on any atom is -0.456 e. The Hall–Kier alpha value is -6.87. The lowest BCUT2D eigenvalue weighted by Crippen LogP contribution is -2.41. The minimum absolute atomic E-state index is 0.438. The SMILES string of the molecule is C=C/C=C(\C=C/C)c1ccc(N(c2ccc(B3OC(C)(C)C(C)(C)O3)cc2)c2ccc3oc4ccc(N(c5ccc(B6OC(C)(C)C(C)(C)O6)cc5)c5ccc(-c6ccccc6)cc5)cc4c3c2)cc1. The third-order valence-electron chi connectivity index (χ3n) is 14.6. The van der Waals surface area contributed by atoms with E-state index in [0.717, 1.165) is 83.7 Å². The molecule has 7 nitrogen and oxygen atoms in total. The molecule has 350 valence electrons. The van der Waals surface area contributed by atoms with Gasteiger partial charge in [0.25, 0.3) is 0 Å². The first-order chi connectivity index (χ1) is 33.5. The highest BCUT2D eigenvalue weighted by atomic mass is 16.7. The van der Waals surface area contributed by atoms with E-state index in [1.165, 1.54) is 5.56 Å². The van der Waals surface area contributed by atoms with Crippen molar-refractivity contribution in [1.29, 1.82) is 0 Å². The summed E-state index contributed by atoms with van der Waals surface area (Å²) in [6, 6.07) is 57.8. The molecule has 2 saturated heterocycles. The Morgan fingerprint density at radius 2 is 0.829 bits per heavy atom. The first-order valence-corrected chi connectivity index (χ1v) is 24.2. The van der Waals surface area contributed by atoms with Gasteiger partial charge in [0.1, 0.15) is 11.2 Å². The second-order valence-electron chi connectivity index (χ2n) is 20.3. The summed E-state index contributed by atoms with van der Waals surface area (Å²) in [5, 5.41) is 2.01. The van der Waals surface area contributed by atoms with Gasteiger partial charge in [-0.3, -0.25) is 0 Å². The van der Waals surface area contributed by atoms with Crippen molar-refractivity contribution < 1.29 is 23.0 Å². The van der Waals surface area contributed by atoms with Crippen LogP contribution in [-0.2, 0) is 18.6 Å². The van der Waals surface area contributed by atoms with Gasteiger partial charge in [-0.2, -0.15) is 0 Å². The highest BCUT2D eigenvalue weighted by Crippen LogP contribution is 2.43. The number of allylic oxidation sites excluding steroid dienone is 5. The van der Waals surface area contributed by atoms with Crippen LogP contribution < -0.4 is 20.7 Å². The molecule has 7 aromatic carbocycles. The lowest BCUT2D eigenvalue weighted by Gasteiger charge is -2.32. The van der Waals surface area contributed by atoms with E-state index in [4.69, 9.17) is 23.0 Å². The van der Waals surface area contributed by atoms with Crippen LogP contribution in [0.2, 0.25) is 0 Å². The van der Waals surface area contributed by atoms with Crippen LogP contribution in [0.15, 0.2) is 199 Å². The van der Waals surface area contributed by atoms with Crippen LogP contribution >= 0.6 is 0 Å². The van der Waals surface area contributed by atoms with Crippen molar-refractivity contribution in [1.82, 2.24) is 0 Å². The van der Waals surface area contributed by atoms with Gasteiger partial charge < -0.3 is 32.8 Å². The molecule has 0 saturated carbocycles. The van der Waals surface area contributed by atoms with Gasteiger partial charge in [0.15, 0.2) is 0 Å². The van der Waals surface area contributed by atoms with Gasteiger partial charge in [0.05, 0.1) is 22.4 Å². The van der Waals surface area contributed by atoms with Gasteiger partial charge in [-0.1, -0.05) is 110 Å². The van der Waals surface area contributed by atoms with Crippen molar-refractivity contribution in [3.05, 3.63) is 200 Å². The second kappa shape index (κ2) is 18.1. The van der Waals surface area contributed by atoms with Crippen molar-refractivity contribution in [2.75, 3.05) is 9.80 Å². The summed E-state index contributed by atoms with van der Waals surface area (Å²) in [5.74, 6) is 0. The zero-order chi connectivity index (χ0) is 49.0. The summed E-state index contributed by atoms with van der Waals surface area (Å²) >= 11 is 0. The molecule has 2 aliphatic heterocycles. The van der Waals surface area contributed by atoms with E-state index in [0.29, 0.717) is 0 Å². The van der Waals surface area contributed by atoms with Crippen molar-refractivity contribution in [3.8, 4) is 11.1 Å². The van der Waals surface area contributed by atoms with Crippen molar-refractivity contribution in [2.24, 2.45) is 0 Å². The van der Waals surface area contributed by atoms with E-state index < -0.39 is 36.6 Å². The monoisotopic (exact) mass is 922 g/mol. The molecule has 0 aliphatic carbocycles. The van der Waals surface area contributed by atoms with Gasteiger partial charge in [-0.05, 0) is 180 Å². The molecule has 9 heteroatoms. The van der Waals surface area contributed by atoms with E-state index in [1.54, 1.807) is 0 Å². The average molecular weight is 923 g/mol. The fraction of sp³-hybridized carbons (Fsp3) is 0.213. The highest BCUT2D eigenvalue weighted by molar-refractivity contribution is 6.62. The number of furan rings is 1. The van der Waals surface area contributed by atoms with Crippen LogP contribution in [-0.4, -0.2) is 36.6 Å². The van der Waals surface area contributed by atoms with Crippen LogP contribution in [0.25, 0.3) is 38.6 Å². The van der Waals surface area contributed by atoms with Crippen LogP contribution in [0.4, 0.5) is 34.1 Å². The standard InChI is InChI=1S/C61H60B2N2O5/c1-11-16-42(17-12-2)44-20-28-48(29-21-44)64(50-32-24-46(25-33-50)62-67-58(3,4)59(5,6)68-62)52-36-38-56-54(40-52)55-41-53(37-39-57(55)66-56)65(49-30-22-45(23-31-49)43-18-14-13-15-19-43)51-34-26-47(27-35-51)63-69-60(7,8)61(9,10)70-63/h11-41H,1H2,2-10H3/b17-12-,42-16+. The number of hydrogen-bond acceptors (Lipinski definition) is 7. The summed E-state index contributed by atoms with van der Waals surface area (Å²) in [7, 11) is -0.929. The number of rotatable bonds is 12. The third kappa shape index (κ3) is 8.73.